The summed E-state index contributed by atoms with van der Waals surface area (Å²) in [5.41, 5.74) is -0.824. The molecule has 5 heteroatoms. The fourth-order valence-electron chi connectivity index (χ4n) is 5.46. The number of hydrogen-bond acceptors (Lipinski definition) is 5. The third-order valence-electron chi connectivity index (χ3n) is 6.53. The second-order valence-corrected chi connectivity index (χ2v) is 7.37. The molecule has 0 aromatic rings. The average molecular weight is 308 g/mol. The first-order valence-electron chi connectivity index (χ1n) is 8.52. The van der Waals surface area contributed by atoms with Crippen molar-refractivity contribution >= 4 is 11.9 Å². The number of rotatable bonds is 4. The van der Waals surface area contributed by atoms with E-state index in [1.807, 2.05) is 0 Å². The Kier molecular flexibility index (Phi) is 3.09. The van der Waals surface area contributed by atoms with Crippen LogP contribution in [0.5, 0.6) is 0 Å². The number of carbonyl (C=O) groups excluding carboxylic acids is 2. The molecule has 1 spiro atoms. The van der Waals surface area contributed by atoms with Gasteiger partial charge in [0.1, 0.15) is 0 Å². The Morgan fingerprint density at radius 3 is 2.36 bits per heavy atom. The lowest BCUT2D eigenvalue weighted by atomic mass is 9.77. The molecule has 3 saturated carbocycles. The molecule has 4 fully saturated rings. The van der Waals surface area contributed by atoms with E-state index in [-0.39, 0.29) is 17.4 Å². The van der Waals surface area contributed by atoms with Crippen LogP contribution in [0.4, 0.5) is 0 Å². The predicted octanol–water partition coefficient (Wildman–Crippen LogP) is 1.79. The molecule has 0 unspecified atom stereocenters. The van der Waals surface area contributed by atoms with Gasteiger partial charge >= 0.3 is 11.9 Å². The first-order chi connectivity index (χ1) is 10.6. The fraction of sp³-hybridized carbons (Fsp3) is 0.882. The van der Waals surface area contributed by atoms with Crippen molar-refractivity contribution < 1.29 is 23.8 Å². The Labute approximate surface area is 130 Å². The molecule has 4 rings (SSSR count). The zero-order valence-corrected chi connectivity index (χ0v) is 13.3. The Morgan fingerprint density at radius 2 is 1.73 bits per heavy atom. The Balaban J connectivity index is 1.67. The number of esters is 2. The van der Waals surface area contributed by atoms with Crippen LogP contribution >= 0.6 is 0 Å². The highest BCUT2D eigenvalue weighted by molar-refractivity contribution is 6.00. The molecule has 0 aromatic carbocycles. The second kappa shape index (κ2) is 4.70. The SMILES string of the molecule is CCOC(=O)C1(C(=O)OCC)C[C@H]2C[C@H]2[C@]23COC[C@H]2[C@@H]3C1. The van der Waals surface area contributed by atoms with Crippen LogP contribution in [0.3, 0.4) is 0 Å². The summed E-state index contributed by atoms with van der Waals surface area (Å²) in [5.74, 6) is 1.30. The van der Waals surface area contributed by atoms with Crippen LogP contribution in [-0.2, 0) is 23.8 Å². The van der Waals surface area contributed by atoms with Crippen molar-refractivity contribution in [2.24, 2.45) is 34.5 Å². The van der Waals surface area contributed by atoms with Crippen molar-refractivity contribution in [3.05, 3.63) is 0 Å². The number of carbonyl (C=O) groups is 2. The zero-order valence-electron chi connectivity index (χ0n) is 13.3. The topological polar surface area (TPSA) is 61.8 Å². The van der Waals surface area contributed by atoms with E-state index in [0.29, 0.717) is 49.7 Å². The third-order valence-corrected chi connectivity index (χ3v) is 6.53. The monoisotopic (exact) mass is 308 g/mol. The van der Waals surface area contributed by atoms with E-state index in [9.17, 15) is 9.59 Å². The molecule has 0 bridgehead atoms. The van der Waals surface area contributed by atoms with E-state index >= 15 is 0 Å². The maximum Gasteiger partial charge on any atom is 0.323 e. The van der Waals surface area contributed by atoms with Crippen LogP contribution in [0, 0.1) is 34.5 Å². The van der Waals surface area contributed by atoms with Gasteiger partial charge in [-0.05, 0) is 56.8 Å². The molecular weight excluding hydrogens is 284 g/mol. The normalized spacial score (nSPS) is 43.2. The maximum absolute atomic E-state index is 12.7. The fourth-order valence-corrected chi connectivity index (χ4v) is 5.46. The molecular formula is C17H24O5. The standard InChI is InChI=1S/C17H24O5/c1-3-21-14(18)16(15(19)22-4-2)6-10-5-11(10)17-9-20-8-13(17)12(17)7-16/h10-13H,3-9H2,1-2H3/t10-,11-,12+,13+,17+/m1/s1. The van der Waals surface area contributed by atoms with Gasteiger partial charge in [-0.15, -0.1) is 0 Å². The summed E-state index contributed by atoms with van der Waals surface area (Å²) in [5, 5.41) is 0. The van der Waals surface area contributed by atoms with Gasteiger partial charge in [0, 0.05) is 5.41 Å². The number of ether oxygens (including phenoxy) is 3. The summed E-state index contributed by atoms with van der Waals surface area (Å²) in [7, 11) is 0. The molecule has 5 atom stereocenters. The quantitative estimate of drug-likeness (QED) is 0.585. The van der Waals surface area contributed by atoms with Crippen LogP contribution in [0.1, 0.15) is 33.1 Å². The van der Waals surface area contributed by atoms with E-state index < -0.39 is 5.41 Å². The molecule has 1 aliphatic heterocycles. The van der Waals surface area contributed by atoms with Crippen molar-refractivity contribution in [3.8, 4) is 0 Å². The van der Waals surface area contributed by atoms with Gasteiger partial charge in [-0.3, -0.25) is 9.59 Å². The molecule has 1 heterocycles. The van der Waals surface area contributed by atoms with Crippen molar-refractivity contribution in [2.75, 3.05) is 26.4 Å². The molecule has 0 amide bonds. The lowest BCUT2D eigenvalue weighted by Gasteiger charge is -2.29. The minimum atomic E-state index is -1.08. The predicted molar refractivity (Wildman–Crippen MR) is 76.8 cm³/mol. The van der Waals surface area contributed by atoms with Gasteiger partial charge in [0.05, 0.1) is 26.4 Å². The summed E-state index contributed by atoms with van der Waals surface area (Å²) >= 11 is 0. The third kappa shape index (κ3) is 1.69. The van der Waals surface area contributed by atoms with Crippen molar-refractivity contribution in [1.29, 1.82) is 0 Å². The Bertz CT molecular complexity index is 497. The van der Waals surface area contributed by atoms with Gasteiger partial charge < -0.3 is 14.2 Å². The van der Waals surface area contributed by atoms with Gasteiger partial charge in [0.2, 0.25) is 0 Å². The van der Waals surface area contributed by atoms with E-state index in [1.54, 1.807) is 13.8 Å². The van der Waals surface area contributed by atoms with Crippen LogP contribution in [0.2, 0.25) is 0 Å². The van der Waals surface area contributed by atoms with Gasteiger partial charge in [-0.2, -0.15) is 0 Å². The van der Waals surface area contributed by atoms with Crippen molar-refractivity contribution in [3.63, 3.8) is 0 Å². The molecule has 1 saturated heterocycles. The zero-order chi connectivity index (χ0) is 15.5. The Hall–Kier alpha value is -1.10. The Morgan fingerprint density at radius 1 is 1.05 bits per heavy atom. The van der Waals surface area contributed by atoms with E-state index in [1.165, 1.54) is 0 Å². The highest BCUT2D eigenvalue weighted by Gasteiger charge is 2.79. The summed E-state index contributed by atoms with van der Waals surface area (Å²) in [6.07, 6.45) is 2.31. The molecule has 5 nitrogen and oxygen atoms in total. The van der Waals surface area contributed by atoms with Gasteiger partial charge in [0.15, 0.2) is 5.41 Å². The van der Waals surface area contributed by atoms with Crippen molar-refractivity contribution in [1.82, 2.24) is 0 Å². The molecule has 0 radical (unpaired) electrons. The highest BCUT2D eigenvalue weighted by Crippen LogP contribution is 2.79. The van der Waals surface area contributed by atoms with E-state index in [2.05, 4.69) is 0 Å². The van der Waals surface area contributed by atoms with Crippen LogP contribution < -0.4 is 0 Å². The molecule has 0 aromatic heterocycles. The maximum atomic E-state index is 12.7. The lowest BCUT2D eigenvalue weighted by molar-refractivity contribution is -0.174. The van der Waals surface area contributed by atoms with E-state index in [0.717, 1.165) is 19.6 Å². The smallest absolute Gasteiger partial charge is 0.323 e. The van der Waals surface area contributed by atoms with Crippen LogP contribution in [0.25, 0.3) is 0 Å². The summed E-state index contributed by atoms with van der Waals surface area (Å²) in [6, 6.07) is 0. The van der Waals surface area contributed by atoms with Gasteiger partial charge in [0.25, 0.3) is 0 Å². The van der Waals surface area contributed by atoms with Crippen molar-refractivity contribution in [2.45, 2.75) is 33.1 Å². The lowest BCUT2D eigenvalue weighted by Crippen LogP contribution is -2.43. The highest BCUT2D eigenvalue weighted by atomic mass is 16.6. The minimum Gasteiger partial charge on any atom is -0.465 e. The molecule has 0 N–H and O–H groups in total. The largest absolute Gasteiger partial charge is 0.465 e. The summed E-state index contributed by atoms with van der Waals surface area (Å²) in [4.78, 5) is 25.4. The summed E-state index contributed by atoms with van der Waals surface area (Å²) in [6.45, 7) is 5.77. The van der Waals surface area contributed by atoms with Crippen LogP contribution in [0.15, 0.2) is 0 Å². The number of fused-ring (bicyclic) bond motifs is 2. The number of hydrogen-bond donors (Lipinski definition) is 0. The van der Waals surface area contributed by atoms with Gasteiger partial charge in [-0.1, -0.05) is 0 Å². The average Bonchev–Trinajstić information content (AvgIpc) is 3.32. The molecule has 3 aliphatic carbocycles. The first-order valence-corrected chi connectivity index (χ1v) is 8.52. The van der Waals surface area contributed by atoms with E-state index in [4.69, 9.17) is 14.2 Å². The second-order valence-electron chi connectivity index (χ2n) is 7.37. The molecule has 22 heavy (non-hydrogen) atoms. The van der Waals surface area contributed by atoms with Gasteiger partial charge in [-0.25, -0.2) is 0 Å². The van der Waals surface area contributed by atoms with Crippen LogP contribution in [-0.4, -0.2) is 38.4 Å². The minimum absolute atomic E-state index is 0.255. The summed E-state index contributed by atoms with van der Waals surface area (Å²) < 4.78 is 16.3. The molecule has 4 aliphatic rings. The molecule has 122 valence electrons. The first kappa shape index (κ1) is 14.5.